The third kappa shape index (κ3) is 3.06. The SMILES string of the molecule is C=C1C(Cl)=C[C-]=C(c2ccc(OC)cc2)N1C.[Y]. The number of methoxy groups -OCH3 is 1. The fourth-order valence-electron chi connectivity index (χ4n) is 1.63. The summed E-state index contributed by atoms with van der Waals surface area (Å²) in [6, 6.07) is 7.80. The number of hydrogen-bond acceptors (Lipinski definition) is 2. The predicted molar refractivity (Wildman–Crippen MR) is 70.5 cm³/mol. The molecule has 1 aliphatic rings. The average molecular weight is 336 g/mol. The molecule has 0 saturated heterocycles. The number of allylic oxidation sites excluding steroid dienone is 3. The number of likely N-dealkylation sites (N-methyl/N-ethyl adjacent to an activating group) is 1. The van der Waals surface area contributed by atoms with Crippen LogP contribution in [0.25, 0.3) is 5.70 Å². The molecule has 0 aliphatic carbocycles. The van der Waals surface area contributed by atoms with Crippen molar-refractivity contribution in [3.05, 3.63) is 59.3 Å². The molecule has 0 fully saturated rings. The van der Waals surface area contributed by atoms with Crippen molar-refractivity contribution < 1.29 is 37.4 Å². The van der Waals surface area contributed by atoms with Crippen LogP contribution < -0.4 is 4.74 Å². The van der Waals surface area contributed by atoms with Crippen LogP contribution in [0.2, 0.25) is 0 Å². The van der Waals surface area contributed by atoms with E-state index in [1.165, 1.54) is 0 Å². The van der Waals surface area contributed by atoms with Gasteiger partial charge in [0, 0.05) is 39.8 Å². The van der Waals surface area contributed by atoms with E-state index in [9.17, 15) is 0 Å². The van der Waals surface area contributed by atoms with Gasteiger partial charge in [-0.2, -0.15) is 23.8 Å². The molecule has 2 nitrogen and oxygen atoms in total. The van der Waals surface area contributed by atoms with Crippen LogP contribution in [-0.4, -0.2) is 19.1 Å². The Morgan fingerprint density at radius 3 is 2.44 bits per heavy atom. The largest absolute Gasteiger partial charge is 0.497 e. The molecule has 18 heavy (non-hydrogen) atoms. The molecule has 2 rings (SSSR count). The van der Waals surface area contributed by atoms with E-state index in [0.29, 0.717) is 5.03 Å². The first kappa shape index (κ1) is 15.5. The van der Waals surface area contributed by atoms with E-state index in [1.54, 1.807) is 13.2 Å². The van der Waals surface area contributed by atoms with Crippen molar-refractivity contribution in [1.82, 2.24) is 4.90 Å². The van der Waals surface area contributed by atoms with E-state index in [0.717, 1.165) is 22.7 Å². The van der Waals surface area contributed by atoms with Gasteiger partial charge in [0.2, 0.25) is 0 Å². The van der Waals surface area contributed by atoms with Crippen LogP contribution in [-0.2, 0) is 32.7 Å². The van der Waals surface area contributed by atoms with E-state index >= 15 is 0 Å². The van der Waals surface area contributed by atoms with Crippen molar-refractivity contribution in [3.8, 4) is 5.75 Å². The molecule has 1 aliphatic heterocycles. The van der Waals surface area contributed by atoms with Crippen molar-refractivity contribution in [3.63, 3.8) is 0 Å². The maximum absolute atomic E-state index is 5.99. The molecule has 1 radical (unpaired) electrons. The second kappa shape index (κ2) is 6.56. The van der Waals surface area contributed by atoms with Crippen LogP contribution in [0.5, 0.6) is 5.75 Å². The number of benzene rings is 1. The van der Waals surface area contributed by atoms with Crippen molar-refractivity contribution in [2.75, 3.05) is 14.2 Å². The molecule has 0 unspecified atom stereocenters. The standard InChI is InChI=1S/C14H13ClNO.Y/c1-10-13(15)8-9-14(16(10)2)11-4-6-12(17-3)7-5-11;/h4-8H,1H2,2-3H3;/q-1;. The van der Waals surface area contributed by atoms with Crippen LogP contribution in [0.4, 0.5) is 0 Å². The smallest absolute Gasteiger partial charge is 0.116 e. The summed E-state index contributed by atoms with van der Waals surface area (Å²) in [7, 11) is 3.57. The second-order valence-corrected chi connectivity index (χ2v) is 4.13. The predicted octanol–water partition coefficient (Wildman–Crippen LogP) is 3.42. The van der Waals surface area contributed by atoms with E-state index in [2.05, 4.69) is 12.7 Å². The summed E-state index contributed by atoms with van der Waals surface area (Å²) in [5.74, 6) is 0.834. The van der Waals surface area contributed by atoms with Crippen molar-refractivity contribution in [2.45, 2.75) is 0 Å². The Balaban J connectivity index is 0.00000162. The van der Waals surface area contributed by atoms with Gasteiger partial charge in [0.05, 0.1) is 7.11 Å². The number of ether oxygens (including phenoxy) is 1. The van der Waals surface area contributed by atoms with Gasteiger partial charge in [-0.3, -0.25) is 0 Å². The van der Waals surface area contributed by atoms with Crippen molar-refractivity contribution >= 4 is 17.3 Å². The van der Waals surface area contributed by atoms with Gasteiger partial charge in [0.25, 0.3) is 0 Å². The van der Waals surface area contributed by atoms with Crippen LogP contribution in [0.15, 0.2) is 47.6 Å². The fourth-order valence-corrected chi connectivity index (χ4v) is 1.81. The van der Waals surface area contributed by atoms with Gasteiger partial charge in [0.15, 0.2) is 0 Å². The third-order valence-corrected chi connectivity index (χ3v) is 3.04. The molecular weight excluding hydrogens is 323 g/mol. The molecule has 0 saturated carbocycles. The first-order valence-corrected chi connectivity index (χ1v) is 5.58. The first-order valence-electron chi connectivity index (χ1n) is 5.20. The zero-order valence-corrected chi connectivity index (χ0v) is 14.0. The average Bonchev–Trinajstić information content (AvgIpc) is 2.36. The Labute approximate surface area is 138 Å². The fraction of sp³-hybridized carbons (Fsp3) is 0.143. The molecule has 0 amide bonds. The van der Waals surface area contributed by atoms with Gasteiger partial charge >= 0.3 is 0 Å². The Morgan fingerprint density at radius 2 is 1.89 bits per heavy atom. The van der Waals surface area contributed by atoms with Gasteiger partial charge in [0.1, 0.15) is 5.75 Å². The second-order valence-electron chi connectivity index (χ2n) is 3.72. The minimum atomic E-state index is 0. The van der Waals surface area contributed by atoms with Gasteiger partial charge in [-0.15, -0.1) is 12.1 Å². The zero-order chi connectivity index (χ0) is 12.4. The molecule has 0 N–H and O–H groups in total. The molecule has 1 aromatic rings. The van der Waals surface area contributed by atoms with Crippen LogP contribution >= 0.6 is 11.6 Å². The molecular formula is C14H13ClNOY-. The Hall–Kier alpha value is -0.566. The Kier molecular flexibility index (Phi) is 5.64. The van der Waals surface area contributed by atoms with E-state index in [-0.39, 0.29) is 32.7 Å². The monoisotopic (exact) mass is 335 g/mol. The number of nitrogens with zero attached hydrogens (tertiary/aromatic N) is 1. The third-order valence-electron chi connectivity index (χ3n) is 2.72. The molecule has 0 aromatic heterocycles. The molecule has 0 atom stereocenters. The summed E-state index contributed by atoms with van der Waals surface area (Å²) in [6.07, 6.45) is 4.89. The minimum absolute atomic E-state index is 0. The zero-order valence-electron chi connectivity index (χ0n) is 10.4. The summed E-state index contributed by atoms with van der Waals surface area (Å²) in [5.41, 5.74) is 2.77. The molecule has 91 valence electrons. The Bertz CT molecular complexity index is 505. The molecule has 0 spiro atoms. The minimum Gasteiger partial charge on any atom is -0.497 e. The molecule has 1 aromatic carbocycles. The van der Waals surface area contributed by atoms with E-state index in [4.69, 9.17) is 16.3 Å². The number of hydrogen-bond donors (Lipinski definition) is 0. The van der Waals surface area contributed by atoms with E-state index < -0.39 is 0 Å². The molecule has 4 heteroatoms. The van der Waals surface area contributed by atoms with E-state index in [1.807, 2.05) is 36.2 Å². The van der Waals surface area contributed by atoms with Gasteiger partial charge in [-0.1, -0.05) is 17.8 Å². The summed E-state index contributed by atoms with van der Waals surface area (Å²) in [6.45, 7) is 3.93. The molecule has 1 heterocycles. The summed E-state index contributed by atoms with van der Waals surface area (Å²) in [5, 5.41) is 0.616. The molecule has 0 bridgehead atoms. The maximum atomic E-state index is 5.99. The van der Waals surface area contributed by atoms with Gasteiger partial charge < -0.3 is 9.64 Å². The summed E-state index contributed by atoms with van der Waals surface area (Å²) < 4.78 is 5.13. The number of halogens is 1. The Morgan fingerprint density at radius 1 is 1.28 bits per heavy atom. The number of rotatable bonds is 2. The van der Waals surface area contributed by atoms with Crippen LogP contribution in [0.3, 0.4) is 0 Å². The normalized spacial score (nSPS) is 14.6. The summed E-state index contributed by atoms with van der Waals surface area (Å²) in [4.78, 5) is 1.92. The summed E-state index contributed by atoms with van der Waals surface area (Å²) >= 11 is 5.99. The van der Waals surface area contributed by atoms with Crippen LogP contribution in [0, 0.1) is 6.08 Å². The quantitative estimate of drug-likeness (QED) is 0.768. The van der Waals surface area contributed by atoms with Gasteiger partial charge in [-0.25, -0.2) is 0 Å². The maximum Gasteiger partial charge on any atom is 0.116 e. The topological polar surface area (TPSA) is 12.5 Å². The van der Waals surface area contributed by atoms with Crippen molar-refractivity contribution in [2.24, 2.45) is 0 Å². The first-order chi connectivity index (χ1) is 8.13. The van der Waals surface area contributed by atoms with Crippen molar-refractivity contribution in [1.29, 1.82) is 0 Å². The van der Waals surface area contributed by atoms with Crippen LogP contribution in [0.1, 0.15) is 5.56 Å². The van der Waals surface area contributed by atoms with Gasteiger partial charge in [-0.05, 0) is 22.9 Å².